The Labute approximate surface area is 166 Å². The zero-order chi connectivity index (χ0) is 18.9. The highest BCUT2D eigenvalue weighted by atomic mass is 16.5. The van der Waals surface area contributed by atoms with Crippen LogP contribution < -0.4 is 15.0 Å². The van der Waals surface area contributed by atoms with E-state index in [0.29, 0.717) is 0 Å². The molecule has 1 atom stereocenters. The first-order valence-electron chi connectivity index (χ1n) is 10.7. The Morgan fingerprint density at radius 3 is 2.79 bits per heavy atom. The summed E-state index contributed by atoms with van der Waals surface area (Å²) in [5.74, 6) is 1.02. The van der Waals surface area contributed by atoms with Crippen molar-refractivity contribution in [1.29, 1.82) is 0 Å². The third-order valence-electron chi connectivity index (χ3n) is 6.50. The van der Waals surface area contributed by atoms with Crippen LogP contribution in [0, 0.1) is 0 Å². The number of piperidine rings is 1. The lowest BCUT2D eigenvalue weighted by atomic mass is 9.93. The number of aromatic nitrogens is 1. The van der Waals surface area contributed by atoms with Crippen LogP contribution in [0.5, 0.6) is 5.75 Å². The second kappa shape index (κ2) is 7.61. The van der Waals surface area contributed by atoms with Crippen molar-refractivity contribution in [2.75, 3.05) is 26.7 Å². The van der Waals surface area contributed by atoms with Gasteiger partial charge in [0.2, 0.25) is 0 Å². The van der Waals surface area contributed by atoms with Crippen molar-refractivity contribution in [1.82, 2.24) is 10.3 Å². The summed E-state index contributed by atoms with van der Waals surface area (Å²) in [6, 6.07) is 15.7. The summed E-state index contributed by atoms with van der Waals surface area (Å²) in [5.41, 5.74) is 6.71. The second-order valence-electron chi connectivity index (χ2n) is 8.26. The molecule has 3 heterocycles. The van der Waals surface area contributed by atoms with Gasteiger partial charge in [0.15, 0.2) is 0 Å². The van der Waals surface area contributed by atoms with Crippen molar-refractivity contribution in [2.24, 2.45) is 0 Å². The largest absolute Gasteiger partial charge is 0.496 e. The number of ether oxygens (including phenoxy) is 1. The first-order chi connectivity index (χ1) is 13.8. The highest BCUT2D eigenvalue weighted by Crippen LogP contribution is 2.34. The first-order valence-corrected chi connectivity index (χ1v) is 10.7. The minimum atomic E-state index is 0.220. The molecule has 2 aromatic carbocycles. The van der Waals surface area contributed by atoms with Crippen LogP contribution in [0.2, 0.25) is 0 Å². The summed E-state index contributed by atoms with van der Waals surface area (Å²) in [7, 11) is 1.79. The van der Waals surface area contributed by atoms with Crippen LogP contribution in [-0.4, -0.2) is 31.7 Å². The molecule has 0 saturated carbocycles. The van der Waals surface area contributed by atoms with E-state index in [1.165, 1.54) is 65.6 Å². The second-order valence-corrected chi connectivity index (χ2v) is 8.26. The number of methoxy groups -OCH3 is 1. The molecule has 28 heavy (non-hydrogen) atoms. The predicted octanol–water partition coefficient (Wildman–Crippen LogP) is 2.98. The molecule has 2 aliphatic heterocycles. The fraction of sp³-hybridized carbons (Fsp3) is 0.417. The molecule has 0 spiro atoms. The molecule has 5 rings (SSSR count). The summed E-state index contributed by atoms with van der Waals surface area (Å²) >= 11 is 0. The summed E-state index contributed by atoms with van der Waals surface area (Å²) in [6.07, 6.45) is 5.16. The molecule has 0 aliphatic carbocycles. The minimum absolute atomic E-state index is 0.220. The quantitative estimate of drug-likeness (QED) is 0.655. The molecule has 4 heteroatoms. The maximum absolute atomic E-state index is 5.71. The van der Waals surface area contributed by atoms with Gasteiger partial charge in [-0.2, -0.15) is 0 Å². The van der Waals surface area contributed by atoms with Gasteiger partial charge in [0.25, 0.3) is 0 Å². The molecular formula is C24H30N3O+. The molecule has 0 unspecified atom stereocenters. The van der Waals surface area contributed by atoms with Gasteiger partial charge in [0.05, 0.1) is 26.2 Å². The van der Waals surface area contributed by atoms with Crippen LogP contribution >= 0.6 is 0 Å². The molecule has 0 radical (unpaired) electrons. The van der Waals surface area contributed by atoms with Crippen LogP contribution in [0.1, 0.15) is 47.7 Å². The van der Waals surface area contributed by atoms with Crippen LogP contribution in [0.25, 0.3) is 10.9 Å². The summed E-state index contributed by atoms with van der Waals surface area (Å²) in [6.45, 7) is 4.63. The molecule has 1 fully saturated rings. The van der Waals surface area contributed by atoms with E-state index in [1.54, 1.807) is 12.0 Å². The summed E-state index contributed by atoms with van der Waals surface area (Å²) < 4.78 is 5.71. The number of likely N-dealkylation sites (tertiary alicyclic amines) is 1. The molecule has 0 bridgehead atoms. The van der Waals surface area contributed by atoms with Crippen LogP contribution in [0.3, 0.4) is 0 Å². The SMILES string of the molecule is COc1ccc([C@@H]2NCCc3c2[nH]c2ccccc32)cc1C[NH+]1CCCCC1. The number of H-pyrrole nitrogens is 1. The van der Waals surface area contributed by atoms with Crippen molar-refractivity contribution in [2.45, 2.75) is 38.3 Å². The van der Waals surface area contributed by atoms with E-state index in [2.05, 4.69) is 52.8 Å². The molecule has 2 aliphatic rings. The van der Waals surface area contributed by atoms with E-state index >= 15 is 0 Å². The molecule has 1 aromatic heterocycles. The molecule has 1 saturated heterocycles. The topological polar surface area (TPSA) is 41.5 Å². The van der Waals surface area contributed by atoms with Crippen molar-refractivity contribution >= 4 is 10.9 Å². The zero-order valence-electron chi connectivity index (χ0n) is 16.7. The zero-order valence-corrected chi connectivity index (χ0v) is 16.7. The van der Waals surface area contributed by atoms with Crippen molar-refractivity contribution in [3.63, 3.8) is 0 Å². The average molecular weight is 377 g/mol. The van der Waals surface area contributed by atoms with E-state index in [4.69, 9.17) is 4.74 Å². The van der Waals surface area contributed by atoms with Gasteiger partial charge in [-0.3, -0.25) is 0 Å². The van der Waals surface area contributed by atoms with Crippen LogP contribution in [0.4, 0.5) is 0 Å². The Kier molecular flexibility index (Phi) is 4.83. The number of hydrogen-bond acceptors (Lipinski definition) is 2. The van der Waals surface area contributed by atoms with E-state index in [9.17, 15) is 0 Å². The lowest BCUT2D eigenvalue weighted by Crippen LogP contribution is -3.11. The summed E-state index contributed by atoms with van der Waals surface area (Å²) in [4.78, 5) is 5.38. The molecule has 3 N–H and O–H groups in total. The Bertz CT molecular complexity index is 971. The standard InChI is InChI=1S/C24H29N3O/c1-28-22-10-9-17(15-18(22)16-27-13-5-2-6-14-27)23-24-20(11-12-25-23)19-7-3-4-8-21(19)26-24/h3-4,7-10,15,23,25-26H,2,5-6,11-14,16H2,1H3/p+1/t23-/m0/s1. The van der Waals surface area contributed by atoms with Crippen LogP contribution in [-0.2, 0) is 13.0 Å². The molecule has 4 nitrogen and oxygen atoms in total. The monoisotopic (exact) mass is 376 g/mol. The smallest absolute Gasteiger partial charge is 0.127 e. The fourth-order valence-electron chi connectivity index (χ4n) is 5.08. The summed E-state index contributed by atoms with van der Waals surface area (Å²) in [5, 5.41) is 5.11. The van der Waals surface area contributed by atoms with Gasteiger partial charge >= 0.3 is 0 Å². The third-order valence-corrected chi connectivity index (χ3v) is 6.50. The Morgan fingerprint density at radius 1 is 1.07 bits per heavy atom. The number of benzene rings is 2. The number of aromatic amines is 1. The Morgan fingerprint density at radius 2 is 1.93 bits per heavy atom. The lowest BCUT2D eigenvalue weighted by Gasteiger charge is -2.27. The van der Waals surface area contributed by atoms with Gasteiger partial charge in [0.1, 0.15) is 12.3 Å². The van der Waals surface area contributed by atoms with Gasteiger partial charge in [-0.1, -0.05) is 24.3 Å². The van der Waals surface area contributed by atoms with Gasteiger partial charge in [-0.15, -0.1) is 0 Å². The van der Waals surface area contributed by atoms with Crippen molar-refractivity contribution in [3.05, 3.63) is 64.8 Å². The average Bonchev–Trinajstić information content (AvgIpc) is 3.13. The lowest BCUT2D eigenvalue weighted by molar-refractivity contribution is -0.918. The first kappa shape index (κ1) is 17.8. The Balaban J connectivity index is 1.51. The number of nitrogens with one attached hydrogen (secondary N) is 3. The van der Waals surface area contributed by atoms with Gasteiger partial charge in [0, 0.05) is 28.7 Å². The number of quaternary nitrogens is 1. The fourth-order valence-corrected chi connectivity index (χ4v) is 5.08. The van der Waals surface area contributed by atoms with Gasteiger partial charge < -0.3 is 19.9 Å². The predicted molar refractivity (Wildman–Crippen MR) is 113 cm³/mol. The van der Waals surface area contributed by atoms with E-state index in [1.807, 2.05) is 0 Å². The maximum atomic E-state index is 5.71. The number of fused-ring (bicyclic) bond motifs is 3. The molecular weight excluding hydrogens is 346 g/mol. The Hall–Kier alpha value is -2.30. The van der Waals surface area contributed by atoms with Crippen molar-refractivity contribution in [3.8, 4) is 5.75 Å². The number of para-hydroxylation sites is 1. The normalized spacial score (nSPS) is 20.2. The van der Waals surface area contributed by atoms with E-state index in [0.717, 1.165) is 25.3 Å². The van der Waals surface area contributed by atoms with E-state index < -0.39 is 0 Å². The highest BCUT2D eigenvalue weighted by molar-refractivity contribution is 5.85. The number of rotatable bonds is 4. The van der Waals surface area contributed by atoms with Gasteiger partial charge in [-0.25, -0.2) is 0 Å². The maximum Gasteiger partial charge on any atom is 0.127 e. The minimum Gasteiger partial charge on any atom is -0.496 e. The van der Waals surface area contributed by atoms with Gasteiger partial charge in [-0.05, 0) is 55.0 Å². The van der Waals surface area contributed by atoms with Crippen LogP contribution in [0.15, 0.2) is 42.5 Å². The molecule has 0 amide bonds. The van der Waals surface area contributed by atoms with Crippen molar-refractivity contribution < 1.29 is 9.64 Å². The third kappa shape index (κ3) is 3.21. The van der Waals surface area contributed by atoms with E-state index in [-0.39, 0.29) is 6.04 Å². The number of hydrogen-bond donors (Lipinski definition) is 3. The molecule has 3 aromatic rings. The molecule has 146 valence electrons. The highest BCUT2D eigenvalue weighted by Gasteiger charge is 2.26.